The maximum absolute atomic E-state index is 11.4. The number of furan rings is 1. The molecule has 0 saturated carbocycles. The first-order valence-electron chi connectivity index (χ1n) is 6.71. The van der Waals surface area contributed by atoms with Crippen LogP contribution in [0, 0.1) is 0 Å². The summed E-state index contributed by atoms with van der Waals surface area (Å²) in [6.07, 6.45) is 0.813. The SMILES string of the molecule is CC(C)(C)OC(=O)N/N=C/c1ccc(-c2cccc(Br)c2)o1. The first kappa shape index (κ1) is 16.3. The van der Waals surface area contributed by atoms with Crippen LogP contribution in [0.15, 0.2) is 50.4 Å². The van der Waals surface area contributed by atoms with Gasteiger partial charge < -0.3 is 9.15 Å². The van der Waals surface area contributed by atoms with Crippen LogP contribution in [-0.4, -0.2) is 17.9 Å². The number of amides is 1. The number of nitrogens with zero attached hydrogens (tertiary/aromatic N) is 1. The Hall–Kier alpha value is -2.08. The smallest absolute Gasteiger partial charge is 0.428 e. The third-order valence-corrected chi connectivity index (χ3v) is 2.98. The molecule has 0 aliphatic rings. The molecule has 0 fully saturated rings. The van der Waals surface area contributed by atoms with Gasteiger partial charge in [0.25, 0.3) is 0 Å². The van der Waals surface area contributed by atoms with Crippen LogP contribution in [-0.2, 0) is 4.74 Å². The van der Waals surface area contributed by atoms with Crippen LogP contribution in [0.2, 0.25) is 0 Å². The molecular weight excluding hydrogens is 348 g/mol. The van der Waals surface area contributed by atoms with Crippen molar-refractivity contribution in [3.8, 4) is 11.3 Å². The normalized spacial score (nSPS) is 11.6. The fourth-order valence-corrected chi connectivity index (χ4v) is 2.07. The van der Waals surface area contributed by atoms with E-state index in [1.54, 1.807) is 26.8 Å². The lowest BCUT2D eigenvalue weighted by atomic mass is 10.2. The van der Waals surface area contributed by atoms with E-state index >= 15 is 0 Å². The molecule has 0 bridgehead atoms. The minimum Gasteiger partial charge on any atom is -0.455 e. The van der Waals surface area contributed by atoms with Crippen molar-refractivity contribution in [2.24, 2.45) is 5.10 Å². The Labute approximate surface area is 137 Å². The number of carbonyl (C=O) groups is 1. The first-order chi connectivity index (χ1) is 10.3. The maximum atomic E-state index is 11.4. The summed E-state index contributed by atoms with van der Waals surface area (Å²) in [7, 11) is 0. The third-order valence-electron chi connectivity index (χ3n) is 2.48. The number of rotatable bonds is 3. The lowest BCUT2D eigenvalue weighted by Gasteiger charge is -2.18. The van der Waals surface area contributed by atoms with E-state index in [2.05, 4.69) is 26.5 Å². The van der Waals surface area contributed by atoms with Gasteiger partial charge in [-0.15, -0.1) is 0 Å². The van der Waals surface area contributed by atoms with Gasteiger partial charge >= 0.3 is 6.09 Å². The van der Waals surface area contributed by atoms with Crippen LogP contribution >= 0.6 is 15.9 Å². The summed E-state index contributed by atoms with van der Waals surface area (Å²) < 4.78 is 11.7. The lowest BCUT2D eigenvalue weighted by Crippen LogP contribution is -2.29. The van der Waals surface area contributed by atoms with Crippen molar-refractivity contribution in [3.63, 3.8) is 0 Å². The van der Waals surface area contributed by atoms with Gasteiger partial charge in [0, 0.05) is 10.0 Å². The molecule has 0 radical (unpaired) electrons. The van der Waals surface area contributed by atoms with Crippen molar-refractivity contribution >= 4 is 28.2 Å². The molecule has 6 heteroatoms. The molecule has 1 amide bonds. The molecule has 0 saturated heterocycles. The Morgan fingerprint density at radius 2 is 2.09 bits per heavy atom. The van der Waals surface area contributed by atoms with Gasteiger partial charge in [0.05, 0.1) is 6.21 Å². The van der Waals surface area contributed by atoms with E-state index in [9.17, 15) is 4.79 Å². The van der Waals surface area contributed by atoms with Crippen LogP contribution in [0.4, 0.5) is 4.79 Å². The Kier molecular flexibility index (Phi) is 5.03. The molecule has 0 aliphatic carbocycles. The number of hydrogen-bond donors (Lipinski definition) is 1. The highest BCUT2D eigenvalue weighted by molar-refractivity contribution is 9.10. The second-order valence-corrected chi connectivity index (χ2v) is 6.50. The highest BCUT2D eigenvalue weighted by atomic mass is 79.9. The number of carbonyl (C=O) groups excluding carboxylic acids is 1. The Bertz CT molecular complexity index is 687. The van der Waals surface area contributed by atoms with E-state index in [1.165, 1.54) is 6.21 Å². The van der Waals surface area contributed by atoms with E-state index in [0.717, 1.165) is 15.8 Å². The van der Waals surface area contributed by atoms with Crippen LogP contribution in [0.25, 0.3) is 11.3 Å². The number of hydrogen-bond acceptors (Lipinski definition) is 4. The van der Waals surface area contributed by atoms with Gasteiger partial charge in [-0.3, -0.25) is 0 Å². The highest BCUT2D eigenvalue weighted by Gasteiger charge is 2.15. The zero-order valence-electron chi connectivity index (χ0n) is 12.6. The van der Waals surface area contributed by atoms with Gasteiger partial charge in [-0.05, 0) is 45.0 Å². The number of benzene rings is 1. The summed E-state index contributed by atoms with van der Waals surface area (Å²) in [4.78, 5) is 11.4. The molecule has 2 rings (SSSR count). The van der Waals surface area contributed by atoms with Gasteiger partial charge in [-0.25, -0.2) is 10.2 Å². The van der Waals surface area contributed by atoms with Crippen molar-refractivity contribution in [1.82, 2.24) is 5.43 Å². The second kappa shape index (κ2) is 6.79. The predicted octanol–water partition coefficient (Wildman–Crippen LogP) is 4.57. The molecule has 0 spiro atoms. The number of hydrazone groups is 1. The quantitative estimate of drug-likeness (QED) is 0.640. The van der Waals surface area contributed by atoms with Gasteiger partial charge in [0.2, 0.25) is 0 Å². The summed E-state index contributed by atoms with van der Waals surface area (Å²) >= 11 is 3.42. The first-order valence-corrected chi connectivity index (χ1v) is 7.51. The fourth-order valence-electron chi connectivity index (χ4n) is 1.67. The zero-order chi connectivity index (χ0) is 16.2. The largest absolute Gasteiger partial charge is 0.455 e. The van der Waals surface area contributed by atoms with Crippen LogP contribution in [0.5, 0.6) is 0 Å². The van der Waals surface area contributed by atoms with Crippen molar-refractivity contribution in [2.75, 3.05) is 0 Å². The van der Waals surface area contributed by atoms with Crippen LogP contribution in [0.1, 0.15) is 26.5 Å². The molecule has 22 heavy (non-hydrogen) atoms. The average molecular weight is 365 g/mol. The standard InChI is InChI=1S/C16H17BrN2O3/c1-16(2,3)22-15(20)19-18-10-13-7-8-14(21-13)11-5-4-6-12(17)9-11/h4-10H,1-3H3,(H,19,20)/b18-10+. The number of halogens is 1. The number of ether oxygens (including phenoxy) is 1. The molecule has 2 aromatic rings. The van der Waals surface area contributed by atoms with Gasteiger partial charge in [0.15, 0.2) is 0 Å². The monoisotopic (exact) mass is 364 g/mol. The van der Waals surface area contributed by atoms with E-state index in [0.29, 0.717) is 5.76 Å². The minimum absolute atomic E-state index is 0.533. The molecule has 1 N–H and O–H groups in total. The lowest BCUT2D eigenvalue weighted by molar-refractivity contribution is 0.0529. The third kappa shape index (κ3) is 5.04. The molecule has 116 valence electrons. The Balaban J connectivity index is 1.98. The molecule has 0 aliphatic heterocycles. The summed E-state index contributed by atoms with van der Waals surface area (Å²) in [6.45, 7) is 5.35. The molecule has 0 atom stereocenters. The van der Waals surface area contributed by atoms with Crippen LogP contribution in [0.3, 0.4) is 0 Å². The maximum Gasteiger partial charge on any atom is 0.428 e. The summed E-state index contributed by atoms with van der Waals surface area (Å²) in [6, 6.07) is 11.4. The fraction of sp³-hybridized carbons (Fsp3) is 0.250. The Morgan fingerprint density at radius 1 is 1.32 bits per heavy atom. The van der Waals surface area contributed by atoms with E-state index in [4.69, 9.17) is 9.15 Å². The van der Waals surface area contributed by atoms with Gasteiger partial charge in [0.1, 0.15) is 17.1 Å². The summed E-state index contributed by atoms with van der Waals surface area (Å²) in [5.41, 5.74) is 2.68. The topological polar surface area (TPSA) is 63.8 Å². The van der Waals surface area contributed by atoms with E-state index < -0.39 is 11.7 Å². The van der Waals surface area contributed by atoms with Crippen molar-refractivity contribution in [3.05, 3.63) is 46.6 Å². The molecule has 5 nitrogen and oxygen atoms in total. The Morgan fingerprint density at radius 3 is 2.77 bits per heavy atom. The van der Waals surface area contributed by atoms with Crippen molar-refractivity contribution < 1.29 is 13.9 Å². The minimum atomic E-state index is -0.609. The zero-order valence-corrected chi connectivity index (χ0v) is 14.2. The average Bonchev–Trinajstić information content (AvgIpc) is 2.85. The van der Waals surface area contributed by atoms with Crippen LogP contribution < -0.4 is 5.43 Å². The second-order valence-electron chi connectivity index (χ2n) is 5.58. The number of nitrogens with one attached hydrogen (secondary N) is 1. The molecule has 1 aromatic carbocycles. The van der Waals surface area contributed by atoms with Gasteiger partial charge in [-0.1, -0.05) is 28.1 Å². The molecule has 1 aromatic heterocycles. The highest BCUT2D eigenvalue weighted by Crippen LogP contribution is 2.24. The summed E-state index contributed by atoms with van der Waals surface area (Å²) in [5, 5.41) is 3.80. The van der Waals surface area contributed by atoms with Gasteiger partial charge in [-0.2, -0.15) is 5.10 Å². The van der Waals surface area contributed by atoms with Crippen molar-refractivity contribution in [1.29, 1.82) is 0 Å². The van der Waals surface area contributed by atoms with E-state index in [1.807, 2.05) is 30.3 Å². The molecule has 1 heterocycles. The van der Waals surface area contributed by atoms with E-state index in [-0.39, 0.29) is 0 Å². The van der Waals surface area contributed by atoms with Crippen molar-refractivity contribution in [2.45, 2.75) is 26.4 Å². The molecule has 0 unspecified atom stereocenters. The molecular formula is C16H17BrN2O3. The predicted molar refractivity (Wildman–Crippen MR) is 88.8 cm³/mol. The summed E-state index contributed by atoms with van der Waals surface area (Å²) in [5.74, 6) is 1.26.